The van der Waals surface area contributed by atoms with Crippen LogP contribution in [-0.4, -0.2) is 36.6 Å². The number of guanidine groups is 1. The van der Waals surface area contributed by atoms with E-state index >= 15 is 0 Å². The molecule has 27 heavy (non-hydrogen) atoms. The smallest absolute Gasteiger partial charge is 0.269 e. The predicted molar refractivity (Wildman–Crippen MR) is 108 cm³/mol. The largest absolute Gasteiger partial charge is 0.369 e. The number of nitrogens with one attached hydrogen (secondary N) is 2. The Morgan fingerprint density at radius 1 is 1.22 bits per heavy atom. The number of hydrogen-bond donors (Lipinski definition) is 2. The Hall–Kier alpha value is -3.09. The highest BCUT2D eigenvalue weighted by atomic mass is 16.6. The molecule has 142 valence electrons. The number of nitro benzene ring substituents is 1. The van der Waals surface area contributed by atoms with Crippen LogP contribution in [0.2, 0.25) is 0 Å². The molecule has 1 heterocycles. The van der Waals surface area contributed by atoms with Gasteiger partial charge in [-0.1, -0.05) is 30.3 Å². The van der Waals surface area contributed by atoms with Crippen LogP contribution in [0.15, 0.2) is 59.6 Å². The maximum Gasteiger partial charge on any atom is 0.269 e. The van der Waals surface area contributed by atoms with Gasteiger partial charge in [-0.2, -0.15) is 0 Å². The van der Waals surface area contributed by atoms with Crippen molar-refractivity contribution in [3.63, 3.8) is 0 Å². The van der Waals surface area contributed by atoms with Crippen molar-refractivity contribution in [1.29, 1.82) is 0 Å². The minimum absolute atomic E-state index is 0.0970. The van der Waals surface area contributed by atoms with Crippen molar-refractivity contribution in [2.24, 2.45) is 4.99 Å². The molecule has 1 atom stereocenters. The van der Waals surface area contributed by atoms with E-state index in [1.807, 2.05) is 13.0 Å². The molecule has 1 aliphatic rings. The van der Waals surface area contributed by atoms with Crippen LogP contribution in [-0.2, 0) is 6.54 Å². The first-order valence-corrected chi connectivity index (χ1v) is 9.24. The molecule has 0 saturated carbocycles. The summed E-state index contributed by atoms with van der Waals surface area (Å²) in [5.41, 5.74) is 2.28. The highest BCUT2D eigenvalue weighted by molar-refractivity contribution is 5.80. The lowest BCUT2D eigenvalue weighted by atomic mass is 10.2. The van der Waals surface area contributed by atoms with Crippen molar-refractivity contribution < 1.29 is 4.92 Å². The molecule has 1 unspecified atom stereocenters. The van der Waals surface area contributed by atoms with Gasteiger partial charge in [-0.15, -0.1) is 0 Å². The van der Waals surface area contributed by atoms with Crippen LogP contribution in [0.1, 0.15) is 18.9 Å². The zero-order valence-corrected chi connectivity index (χ0v) is 15.5. The Morgan fingerprint density at radius 3 is 2.63 bits per heavy atom. The molecule has 2 N–H and O–H groups in total. The lowest BCUT2D eigenvalue weighted by Gasteiger charge is -2.20. The van der Waals surface area contributed by atoms with Gasteiger partial charge in [0.2, 0.25) is 0 Å². The second-order valence-electron chi connectivity index (χ2n) is 6.53. The SMILES string of the molecule is CCNC(=NCc1ccc([N+](=O)[O-])cc1)NC1CCN(c2ccccc2)C1. The molecule has 7 nitrogen and oxygen atoms in total. The summed E-state index contributed by atoms with van der Waals surface area (Å²) < 4.78 is 0. The molecule has 1 fully saturated rings. The van der Waals surface area contributed by atoms with Crippen molar-refractivity contribution in [2.45, 2.75) is 25.9 Å². The summed E-state index contributed by atoms with van der Waals surface area (Å²) >= 11 is 0. The molecule has 0 bridgehead atoms. The van der Waals surface area contributed by atoms with Gasteiger partial charge in [0.25, 0.3) is 5.69 Å². The quantitative estimate of drug-likeness (QED) is 0.355. The van der Waals surface area contributed by atoms with Crippen molar-refractivity contribution >= 4 is 17.3 Å². The van der Waals surface area contributed by atoms with Gasteiger partial charge in [0, 0.05) is 43.5 Å². The Morgan fingerprint density at radius 2 is 1.96 bits per heavy atom. The van der Waals surface area contributed by atoms with Crippen LogP contribution in [0.25, 0.3) is 0 Å². The Bertz CT molecular complexity index is 777. The van der Waals surface area contributed by atoms with Crippen LogP contribution >= 0.6 is 0 Å². The van der Waals surface area contributed by atoms with E-state index in [2.05, 4.69) is 44.8 Å². The predicted octanol–water partition coefficient (Wildman–Crippen LogP) is 2.93. The molecule has 0 amide bonds. The summed E-state index contributed by atoms with van der Waals surface area (Å²) in [5, 5.41) is 17.5. The number of anilines is 1. The first-order chi connectivity index (χ1) is 13.2. The molecule has 0 radical (unpaired) electrons. The topological polar surface area (TPSA) is 82.8 Å². The summed E-state index contributed by atoms with van der Waals surface area (Å²) in [4.78, 5) is 17.3. The molecular formula is C20H25N5O2. The molecule has 2 aromatic rings. The van der Waals surface area contributed by atoms with Crippen molar-refractivity contribution in [2.75, 3.05) is 24.5 Å². The van der Waals surface area contributed by atoms with Crippen LogP contribution < -0.4 is 15.5 Å². The van der Waals surface area contributed by atoms with E-state index in [1.54, 1.807) is 12.1 Å². The average molecular weight is 367 g/mol. The minimum Gasteiger partial charge on any atom is -0.369 e. The van der Waals surface area contributed by atoms with Crippen LogP contribution in [0.4, 0.5) is 11.4 Å². The van der Waals surface area contributed by atoms with E-state index in [9.17, 15) is 10.1 Å². The van der Waals surface area contributed by atoms with E-state index < -0.39 is 4.92 Å². The lowest BCUT2D eigenvalue weighted by molar-refractivity contribution is -0.384. The van der Waals surface area contributed by atoms with Crippen molar-refractivity contribution in [3.05, 3.63) is 70.3 Å². The molecule has 7 heteroatoms. The number of hydrogen-bond acceptors (Lipinski definition) is 4. The van der Waals surface area contributed by atoms with Gasteiger partial charge in [0.1, 0.15) is 0 Å². The van der Waals surface area contributed by atoms with Gasteiger partial charge in [-0.05, 0) is 31.0 Å². The summed E-state index contributed by atoms with van der Waals surface area (Å²) in [7, 11) is 0. The number of benzene rings is 2. The number of aliphatic imine (C=N–C) groups is 1. The van der Waals surface area contributed by atoms with E-state index in [0.29, 0.717) is 12.6 Å². The molecular weight excluding hydrogens is 342 g/mol. The Labute approximate surface area is 159 Å². The molecule has 0 spiro atoms. The van der Waals surface area contributed by atoms with Crippen molar-refractivity contribution in [3.8, 4) is 0 Å². The molecule has 1 saturated heterocycles. The molecule has 0 aromatic heterocycles. The number of nitro groups is 1. The second kappa shape index (κ2) is 9.02. The first-order valence-electron chi connectivity index (χ1n) is 9.24. The summed E-state index contributed by atoms with van der Waals surface area (Å²) in [6, 6.07) is 17.3. The number of nitrogens with zero attached hydrogens (tertiary/aromatic N) is 3. The average Bonchev–Trinajstić information content (AvgIpc) is 3.16. The highest BCUT2D eigenvalue weighted by Crippen LogP contribution is 2.19. The van der Waals surface area contributed by atoms with Crippen LogP contribution in [0, 0.1) is 10.1 Å². The fourth-order valence-corrected chi connectivity index (χ4v) is 3.16. The van der Waals surface area contributed by atoms with Gasteiger partial charge in [-0.3, -0.25) is 10.1 Å². The van der Waals surface area contributed by atoms with Gasteiger partial charge in [0.15, 0.2) is 5.96 Å². The maximum atomic E-state index is 10.7. The molecule has 3 rings (SSSR count). The zero-order valence-electron chi connectivity index (χ0n) is 15.5. The van der Waals surface area contributed by atoms with E-state index in [4.69, 9.17) is 0 Å². The standard InChI is InChI=1S/C20H25N5O2/c1-2-21-20(22-14-16-8-10-19(11-9-16)25(26)27)23-17-12-13-24(15-17)18-6-4-3-5-7-18/h3-11,17H,2,12-15H2,1H3,(H2,21,22,23). The monoisotopic (exact) mass is 367 g/mol. The van der Waals surface area contributed by atoms with Crippen LogP contribution in [0.5, 0.6) is 0 Å². The molecule has 1 aliphatic heterocycles. The van der Waals surface area contributed by atoms with E-state index in [0.717, 1.165) is 37.6 Å². The minimum atomic E-state index is -0.392. The summed E-state index contributed by atoms with van der Waals surface area (Å²) in [6.07, 6.45) is 1.05. The molecule has 0 aliphatic carbocycles. The lowest BCUT2D eigenvalue weighted by Crippen LogP contribution is -2.44. The Balaban J connectivity index is 1.58. The van der Waals surface area contributed by atoms with Gasteiger partial charge in [0.05, 0.1) is 11.5 Å². The van der Waals surface area contributed by atoms with Gasteiger partial charge >= 0.3 is 0 Å². The maximum absolute atomic E-state index is 10.7. The highest BCUT2D eigenvalue weighted by Gasteiger charge is 2.23. The van der Waals surface area contributed by atoms with Gasteiger partial charge in [-0.25, -0.2) is 4.99 Å². The van der Waals surface area contributed by atoms with E-state index in [-0.39, 0.29) is 5.69 Å². The Kier molecular flexibility index (Phi) is 6.25. The first kappa shape index (κ1) is 18.7. The number of non-ortho nitro benzene ring substituents is 1. The number of rotatable bonds is 6. The molecule has 2 aromatic carbocycles. The third-order valence-corrected chi connectivity index (χ3v) is 4.56. The van der Waals surface area contributed by atoms with E-state index in [1.165, 1.54) is 17.8 Å². The third-order valence-electron chi connectivity index (χ3n) is 4.56. The number of para-hydroxylation sites is 1. The summed E-state index contributed by atoms with van der Waals surface area (Å²) in [5.74, 6) is 0.774. The zero-order chi connectivity index (χ0) is 19.1. The van der Waals surface area contributed by atoms with Crippen LogP contribution in [0.3, 0.4) is 0 Å². The van der Waals surface area contributed by atoms with Crippen molar-refractivity contribution in [1.82, 2.24) is 10.6 Å². The second-order valence-corrected chi connectivity index (χ2v) is 6.53. The fraction of sp³-hybridized carbons (Fsp3) is 0.350. The fourth-order valence-electron chi connectivity index (χ4n) is 3.16. The van der Waals surface area contributed by atoms with Gasteiger partial charge < -0.3 is 15.5 Å². The summed E-state index contributed by atoms with van der Waals surface area (Å²) in [6.45, 7) is 5.24. The normalized spacial score (nSPS) is 17.0. The third kappa shape index (κ3) is 5.20.